The van der Waals surface area contributed by atoms with Crippen molar-refractivity contribution in [1.29, 1.82) is 0 Å². The predicted molar refractivity (Wildman–Crippen MR) is 138 cm³/mol. The highest BCUT2D eigenvalue weighted by Gasteiger charge is 2.25. The van der Waals surface area contributed by atoms with Crippen LogP contribution in [-0.2, 0) is 0 Å². The van der Waals surface area contributed by atoms with Gasteiger partial charge in [-0.3, -0.25) is 0 Å². The average Bonchev–Trinajstić information content (AvgIpc) is 3.45. The first-order valence-electron chi connectivity index (χ1n) is 11.5. The quantitative estimate of drug-likeness (QED) is 0.215. The molecule has 5 rings (SSSR count). The van der Waals surface area contributed by atoms with Gasteiger partial charge in [0.25, 0.3) is 0 Å². The Labute approximate surface area is 211 Å². The number of nitrogens with one attached hydrogen (secondary N) is 1. The average molecular weight is 511 g/mol. The van der Waals surface area contributed by atoms with Crippen molar-refractivity contribution in [2.75, 3.05) is 5.32 Å². The van der Waals surface area contributed by atoms with Gasteiger partial charge in [0.1, 0.15) is 11.7 Å². The zero-order valence-corrected chi connectivity index (χ0v) is 20.2. The van der Waals surface area contributed by atoms with Crippen LogP contribution in [0.2, 0.25) is 5.02 Å². The molecule has 2 aromatic carbocycles. The van der Waals surface area contributed by atoms with E-state index in [4.69, 9.17) is 23.1 Å². The number of halogens is 3. The summed E-state index contributed by atoms with van der Waals surface area (Å²) in [7, 11) is 0. The Bertz CT molecular complexity index is 1500. The highest BCUT2D eigenvalue weighted by molar-refractivity contribution is 6.33. The number of nitrogens with two attached hydrogens (primary N) is 2. The van der Waals surface area contributed by atoms with Crippen molar-refractivity contribution >= 4 is 34.3 Å². The molecule has 1 aliphatic carbocycles. The molecule has 7 nitrogen and oxygen atoms in total. The molecule has 1 fully saturated rings. The van der Waals surface area contributed by atoms with Crippen LogP contribution >= 0.6 is 11.6 Å². The van der Waals surface area contributed by atoms with Crippen LogP contribution in [0, 0.1) is 18.6 Å². The molecule has 0 aliphatic heterocycles. The van der Waals surface area contributed by atoms with E-state index < -0.39 is 17.4 Å². The van der Waals surface area contributed by atoms with Gasteiger partial charge in [0.2, 0.25) is 0 Å². The second kappa shape index (κ2) is 9.40. The molecule has 0 bridgehead atoms. The highest BCUT2D eigenvalue weighted by Crippen LogP contribution is 2.35. The number of aromatic hydroxyl groups is 1. The van der Waals surface area contributed by atoms with Crippen molar-refractivity contribution in [3.05, 3.63) is 76.6 Å². The SMILES string of the molecule is Cc1cc(O)c(F)cc1-c1cc2c(N[C@H]3CC[C@@H](N)C3)c(C(N)=Nc3cc(F)ccc3Cl)cnn2c1. The molecule has 0 unspecified atom stereocenters. The maximum atomic E-state index is 14.2. The summed E-state index contributed by atoms with van der Waals surface area (Å²) in [4.78, 5) is 4.38. The normalized spacial score (nSPS) is 18.2. The Kier molecular flexibility index (Phi) is 6.27. The summed E-state index contributed by atoms with van der Waals surface area (Å²) in [5.41, 5.74) is 16.7. The van der Waals surface area contributed by atoms with Gasteiger partial charge in [-0.25, -0.2) is 18.3 Å². The molecule has 10 heteroatoms. The third-order valence-corrected chi connectivity index (χ3v) is 6.81. The maximum absolute atomic E-state index is 14.2. The van der Waals surface area contributed by atoms with E-state index >= 15 is 0 Å². The third-order valence-electron chi connectivity index (χ3n) is 6.49. The number of anilines is 1. The molecular weight excluding hydrogens is 486 g/mol. The fraction of sp³-hybridized carbons (Fsp3) is 0.231. The van der Waals surface area contributed by atoms with Crippen LogP contribution in [0.4, 0.5) is 20.2 Å². The predicted octanol–water partition coefficient (Wildman–Crippen LogP) is 5.28. The minimum atomic E-state index is -0.707. The van der Waals surface area contributed by atoms with Gasteiger partial charge in [-0.1, -0.05) is 11.6 Å². The van der Waals surface area contributed by atoms with Crippen LogP contribution in [0.15, 0.2) is 53.8 Å². The Hall–Kier alpha value is -3.69. The topological polar surface area (TPSA) is 114 Å². The van der Waals surface area contributed by atoms with Crippen LogP contribution in [0.3, 0.4) is 0 Å². The fourth-order valence-corrected chi connectivity index (χ4v) is 4.80. The molecule has 0 saturated heterocycles. The van der Waals surface area contributed by atoms with Crippen LogP contribution < -0.4 is 16.8 Å². The van der Waals surface area contributed by atoms with Crippen LogP contribution in [0.25, 0.3) is 16.6 Å². The van der Waals surface area contributed by atoms with Crippen LogP contribution in [0.5, 0.6) is 5.75 Å². The largest absolute Gasteiger partial charge is 0.505 e. The van der Waals surface area contributed by atoms with E-state index in [1.807, 2.05) is 6.07 Å². The van der Waals surface area contributed by atoms with Gasteiger partial charge in [0.15, 0.2) is 11.6 Å². The smallest absolute Gasteiger partial charge is 0.165 e. The Morgan fingerprint density at radius 1 is 1.22 bits per heavy atom. The lowest BCUT2D eigenvalue weighted by atomic mass is 10.0. The minimum absolute atomic E-state index is 0.103. The molecule has 1 saturated carbocycles. The number of aromatic nitrogens is 2. The first-order chi connectivity index (χ1) is 17.2. The molecule has 2 atom stereocenters. The summed E-state index contributed by atoms with van der Waals surface area (Å²) >= 11 is 6.20. The van der Waals surface area contributed by atoms with E-state index in [1.165, 1.54) is 30.3 Å². The molecular formula is C26H25ClF2N6O. The molecule has 6 N–H and O–H groups in total. The zero-order valence-electron chi connectivity index (χ0n) is 19.5. The number of amidine groups is 1. The fourth-order valence-electron chi connectivity index (χ4n) is 4.64. The molecule has 4 aromatic rings. The second-order valence-corrected chi connectivity index (χ2v) is 9.52. The molecule has 1 aliphatic rings. The van der Waals surface area contributed by atoms with Crippen molar-refractivity contribution in [1.82, 2.24) is 9.61 Å². The molecule has 186 valence electrons. The first-order valence-corrected chi connectivity index (χ1v) is 11.9. The van der Waals surface area contributed by atoms with Gasteiger partial charge in [-0.15, -0.1) is 0 Å². The Morgan fingerprint density at radius 3 is 2.78 bits per heavy atom. The number of aliphatic imine (C=N–C) groups is 1. The van der Waals surface area contributed by atoms with Gasteiger partial charge < -0.3 is 21.9 Å². The van der Waals surface area contributed by atoms with Crippen LogP contribution in [-0.4, -0.2) is 32.6 Å². The number of benzene rings is 2. The summed E-state index contributed by atoms with van der Waals surface area (Å²) in [6.45, 7) is 1.79. The van der Waals surface area contributed by atoms with Crippen molar-refractivity contribution in [3.8, 4) is 16.9 Å². The van der Waals surface area contributed by atoms with Crippen molar-refractivity contribution in [3.63, 3.8) is 0 Å². The number of hydrogen-bond acceptors (Lipinski definition) is 5. The van der Waals surface area contributed by atoms with E-state index in [-0.39, 0.29) is 28.6 Å². The highest BCUT2D eigenvalue weighted by atomic mass is 35.5. The standard InChI is InChI=1S/C26H25ClF2N6O/c1-13-6-24(36)21(29)10-18(13)14-7-23-25(33-17-4-3-16(30)9-17)19(11-32-35(23)12-14)26(31)34-22-8-15(28)2-5-20(22)27/h2,5-8,10-12,16-17,33,36H,3-4,9,30H2,1H3,(H2,31,34)/t16-,17+/m1/s1. The Balaban J connectivity index is 1.65. The van der Waals surface area contributed by atoms with Gasteiger partial charge in [0.05, 0.1) is 33.7 Å². The number of fused-ring (bicyclic) bond motifs is 1. The van der Waals surface area contributed by atoms with E-state index in [1.54, 1.807) is 23.8 Å². The summed E-state index contributed by atoms with van der Waals surface area (Å²) < 4.78 is 29.6. The summed E-state index contributed by atoms with van der Waals surface area (Å²) in [5, 5.41) is 18.0. The number of phenols is 1. The number of rotatable bonds is 5. The van der Waals surface area contributed by atoms with Crippen molar-refractivity contribution in [2.45, 2.75) is 38.3 Å². The van der Waals surface area contributed by atoms with Crippen molar-refractivity contribution < 1.29 is 13.9 Å². The molecule has 0 spiro atoms. The maximum Gasteiger partial charge on any atom is 0.165 e. The lowest BCUT2D eigenvalue weighted by Crippen LogP contribution is -2.24. The minimum Gasteiger partial charge on any atom is -0.505 e. The monoisotopic (exact) mass is 510 g/mol. The Morgan fingerprint density at radius 2 is 2.03 bits per heavy atom. The molecule has 36 heavy (non-hydrogen) atoms. The van der Waals surface area contributed by atoms with Crippen LogP contribution in [0.1, 0.15) is 30.4 Å². The van der Waals surface area contributed by atoms with E-state index in [2.05, 4.69) is 15.4 Å². The lowest BCUT2D eigenvalue weighted by molar-refractivity contribution is 0.432. The summed E-state index contributed by atoms with van der Waals surface area (Å²) in [5.74, 6) is -1.48. The number of phenolic OH excluding ortho intramolecular Hbond substituents is 1. The van der Waals surface area contributed by atoms with Gasteiger partial charge >= 0.3 is 0 Å². The van der Waals surface area contributed by atoms with Crippen molar-refractivity contribution in [2.24, 2.45) is 16.5 Å². The lowest BCUT2D eigenvalue weighted by Gasteiger charge is -2.18. The number of aryl methyl sites for hydroxylation is 1. The zero-order chi connectivity index (χ0) is 25.6. The molecule has 0 radical (unpaired) electrons. The van der Waals surface area contributed by atoms with Gasteiger partial charge in [-0.2, -0.15) is 5.10 Å². The van der Waals surface area contributed by atoms with E-state index in [9.17, 15) is 13.9 Å². The van der Waals surface area contributed by atoms with E-state index in [0.29, 0.717) is 33.5 Å². The second-order valence-electron chi connectivity index (χ2n) is 9.12. The van der Waals surface area contributed by atoms with Gasteiger partial charge in [0, 0.05) is 29.9 Å². The number of nitrogens with zero attached hydrogens (tertiary/aromatic N) is 3. The summed E-state index contributed by atoms with van der Waals surface area (Å²) in [6.07, 6.45) is 5.92. The first kappa shape index (κ1) is 24.0. The molecule has 2 aromatic heterocycles. The van der Waals surface area contributed by atoms with E-state index in [0.717, 1.165) is 19.3 Å². The third kappa shape index (κ3) is 4.59. The molecule has 0 amide bonds. The molecule has 2 heterocycles. The summed E-state index contributed by atoms with van der Waals surface area (Å²) in [6, 6.07) is 8.65. The van der Waals surface area contributed by atoms with Gasteiger partial charge in [-0.05, 0) is 67.6 Å². The number of hydrogen-bond donors (Lipinski definition) is 4.